The predicted octanol–water partition coefficient (Wildman–Crippen LogP) is 3.46. The maximum absolute atomic E-state index is 12.2. The minimum absolute atomic E-state index is 0.0853. The van der Waals surface area contributed by atoms with E-state index in [2.05, 4.69) is 10.4 Å². The number of alkyl halides is 3. The summed E-state index contributed by atoms with van der Waals surface area (Å²) in [7, 11) is 0. The summed E-state index contributed by atoms with van der Waals surface area (Å²) in [6.45, 7) is 8.02. The molecular weight excluding hydrogens is 267 g/mol. The first kappa shape index (κ1) is 17.0. The third kappa shape index (κ3) is 4.81. The molecule has 0 aliphatic carbocycles. The van der Waals surface area contributed by atoms with Gasteiger partial charge >= 0.3 is 6.18 Å². The smallest absolute Gasteiger partial charge is 0.313 e. The highest BCUT2D eigenvalue weighted by molar-refractivity contribution is 5.26. The molecule has 1 heterocycles. The molecule has 0 aliphatic heterocycles. The third-order valence-corrected chi connectivity index (χ3v) is 3.30. The lowest BCUT2D eigenvalue weighted by molar-refractivity contribution is -0.136. The van der Waals surface area contributed by atoms with Crippen LogP contribution in [0.2, 0.25) is 0 Å². The van der Waals surface area contributed by atoms with Gasteiger partial charge in [0.2, 0.25) is 0 Å². The molecule has 0 unspecified atom stereocenters. The summed E-state index contributed by atoms with van der Waals surface area (Å²) in [6, 6.07) is 0. The molecule has 0 saturated carbocycles. The molecule has 0 spiro atoms. The number of hydrogen-bond donors (Lipinski definition) is 1. The van der Waals surface area contributed by atoms with Gasteiger partial charge in [-0.2, -0.15) is 18.3 Å². The number of rotatable bonds is 8. The standard InChI is InChI=1S/C14H24F3N3/c1-4-12-11(10-18-6-3)13(5-2)20(19-12)9-7-8-14(15,16)17/h18H,4-10H2,1-3H3. The molecule has 1 aromatic rings. The molecule has 0 bridgehead atoms. The van der Waals surface area contributed by atoms with E-state index in [1.807, 2.05) is 20.8 Å². The maximum Gasteiger partial charge on any atom is 0.389 e. The Labute approximate surface area is 118 Å². The molecule has 0 aliphatic rings. The summed E-state index contributed by atoms with van der Waals surface area (Å²) in [4.78, 5) is 0. The summed E-state index contributed by atoms with van der Waals surface area (Å²) in [5.74, 6) is 0. The lowest BCUT2D eigenvalue weighted by Crippen LogP contribution is -2.15. The molecule has 1 aromatic heterocycles. The largest absolute Gasteiger partial charge is 0.389 e. The predicted molar refractivity (Wildman–Crippen MR) is 73.7 cm³/mol. The highest BCUT2D eigenvalue weighted by Gasteiger charge is 2.26. The second-order valence-electron chi connectivity index (χ2n) is 4.80. The summed E-state index contributed by atoms with van der Waals surface area (Å²) >= 11 is 0. The zero-order valence-electron chi connectivity index (χ0n) is 12.5. The normalized spacial score (nSPS) is 12.1. The van der Waals surface area contributed by atoms with Crippen molar-refractivity contribution in [2.24, 2.45) is 0 Å². The second-order valence-corrected chi connectivity index (χ2v) is 4.80. The molecule has 1 N–H and O–H groups in total. The van der Waals surface area contributed by atoms with Crippen LogP contribution in [-0.4, -0.2) is 22.5 Å². The van der Waals surface area contributed by atoms with Crippen molar-refractivity contribution in [3.8, 4) is 0 Å². The van der Waals surface area contributed by atoms with Crippen LogP contribution in [0, 0.1) is 0 Å². The third-order valence-electron chi connectivity index (χ3n) is 3.30. The molecule has 0 amide bonds. The van der Waals surface area contributed by atoms with Crippen LogP contribution in [0.1, 0.15) is 50.6 Å². The Morgan fingerprint density at radius 2 is 1.85 bits per heavy atom. The fraction of sp³-hybridized carbons (Fsp3) is 0.786. The minimum Gasteiger partial charge on any atom is -0.313 e. The van der Waals surface area contributed by atoms with E-state index in [1.54, 1.807) is 4.68 Å². The van der Waals surface area contributed by atoms with Crippen LogP contribution >= 0.6 is 0 Å². The summed E-state index contributed by atoms with van der Waals surface area (Å²) in [5, 5.41) is 7.76. The summed E-state index contributed by atoms with van der Waals surface area (Å²) in [6.07, 6.45) is -3.15. The van der Waals surface area contributed by atoms with Crippen LogP contribution in [0.4, 0.5) is 13.2 Å². The Balaban J connectivity index is 2.82. The van der Waals surface area contributed by atoms with Gasteiger partial charge in [-0.05, 0) is 25.8 Å². The lowest BCUT2D eigenvalue weighted by Gasteiger charge is -2.09. The van der Waals surface area contributed by atoms with Crippen molar-refractivity contribution in [1.82, 2.24) is 15.1 Å². The van der Waals surface area contributed by atoms with Crippen LogP contribution in [0.3, 0.4) is 0 Å². The van der Waals surface area contributed by atoms with Crippen molar-refractivity contribution in [3.05, 3.63) is 17.0 Å². The average Bonchev–Trinajstić information content (AvgIpc) is 2.71. The van der Waals surface area contributed by atoms with Crippen LogP contribution in [-0.2, 0) is 25.9 Å². The summed E-state index contributed by atoms with van der Waals surface area (Å²) in [5.41, 5.74) is 3.21. The van der Waals surface area contributed by atoms with E-state index >= 15 is 0 Å². The Bertz CT molecular complexity index is 411. The monoisotopic (exact) mass is 291 g/mol. The topological polar surface area (TPSA) is 29.9 Å². The van der Waals surface area contributed by atoms with Gasteiger partial charge in [0.15, 0.2) is 0 Å². The van der Waals surface area contributed by atoms with Crippen LogP contribution in [0.25, 0.3) is 0 Å². The zero-order chi connectivity index (χ0) is 15.2. The Morgan fingerprint density at radius 1 is 1.15 bits per heavy atom. The van der Waals surface area contributed by atoms with E-state index in [0.29, 0.717) is 6.54 Å². The van der Waals surface area contributed by atoms with Gasteiger partial charge in [0.05, 0.1) is 5.69 Å². The quantitative estimate of drug-likeness (QED) is 0.795. The number of nitrogens with zero attached hydrogens (tertiary/aromatic N) is 2. The first-order valence-electron chi connectivity index (χ1n) is 7.27. The molecule has 0 fully saturated rings. The van der Waals surface area contributed by atoms with E-state index in [4.69, 9.17) is 0 Å². The highest BCUT2D eigenvalue weighted by Crippen LogP contribution is 2.23. The SMILES string of the molecule is CCNCc1c(CC)nn(CCCC(F)(F)F)c1CC. The van der Waals surface area contributed by atoms with Gasteiger partial charge < -0.3 is 5.32 Å². The van der Waals surface area contributed by atoms with E-state index in [1.165, 1.54) is 0 Å². The zero-order valence-corrected chi connectivity index (χ0v) is 12.5. The van der Waals surface area contributed by atoms with Crippen molar-refractivity contribution < 1.29 is 13.2 Å². The molecule has 20 heavy (non-hydrogen) atoms. The number of hydrogen-bond acceptors (Lipinski definition) is 2. The van der Waals surface area contributed by atoms with Crippen LogP contribution in [0.5, 0.6) is 0 Å². The summed E-state index contributed by atoms with van der Waals surface area (Å²) < 4.78 is 38.4. The van der Waals surface area contributed by atoms with Gasteiger partial charge in [-0.3, -0.25) is 4.68 Å². The molecule has 0 radical (unpaired) electrons. The minimum atomic E-state index is -4.08. The van der Waals surface area contributed by atoms with Crippen molar-refractivity contribution >= 4 is 0 Å². The molecule has 0 saturated heterocycles. The fourth-order valence-corrected chi connectivity index (χ4v) is 2.34. The highest BCUT2D eigenvalue weighted by atomic mass is 19.4. The van der Waals surface area contributed by atoms with Gasteiger partial charge in [-0.1, -0.05) is 20.8 Å². The van der Waals surface area contributed by atoms with Crippen molar-refractivity contribution in [3.63, 3.8) is 0 Å². The van der Waals surface area contributed by atoms with Crippen LogP contribution < -0.4 is 5.32 Å². The molecule has 116 valence electrons. The first-order chi connectivity index (χ1) is 9.42. The van der Waals surface area contributed by atoms with Gasteiger partial charge in [0.1, 0.15) is 0 Å². The second kappa shape index (κ2) is 7.67. The van der Waals surface area contributed by atoms with Gasteiger partial charge in [-0.25, -0.2) is 0 Å². The van der Waals surface area contributed by atoms with Crippen molar-refractivity contribution in [2.45, 2.75) is 65.7 Å². The van der Waals surface area contributed by atoms with E-state index in [-0.39, 0.29) is 6.42 Å². The van der Waals surface area contributed by atoms with Crippen molar-refractivity contribution in [1.29, 1.82) is 0 Å². The van der Waals surface area contributed by atoms with E-state index in [9.17, 15) is 13.2 Å². The molecule has 6 heteroatoms. The lowest BCUT2D eigenvalue weighted by atomic mass is 10.1. The Kier molecular flexibility index (Phi) is 6.52. The Morgan fingerprint density at radius 3 is 2.35 bits per heavy atom. The molecule has 0 aromatic carbocycles. The van der Waals surface area contributed by atoms with Crippen molar-refractivity contribution in [2.75, 3.05) is 6.54 Å². The fourth-order valence-electron chi connectivity index (χ4n) is 2.34. The Hall–Kier alpha value is -1.04. The van der Waals surface area contributed by atoms with Gasteiger partial charge in [0.25, 0.3) is 0 Å². The maximum atomic E-state index is 12.2. The number of aromatic nitrogens is 2. The number of nitrogens with one attached hydrogen (secondary N) is 1. The van der Waals surface area contributed by atoms with Crippen LogP contribution in [0.15, 0.2) is 0 Å². The number of aryl methyl sites for hydroxylation is 2. The van der Waals surface area contributed by atoms with E-state index < -0.39 is 12.6 Å². The van der Waals surface area contributed by atoms with Gasteiger partial charge in [0, 0.05) is 30.8 Å². The first-order valence-corrected chi connectivity index (χ1v) is 7.27. The van der Waals surface area contributed by atoms with E-state index in [0.717, 1.165) is 42.9 Å². The molecule has 1 rings (SSSR count). The van der Waals surface area contributed by atoms with Gasteiger partial charge in [-0.15, -0.1) is 0 Å². The molecule has 3 nitrogen and oxygen atoms in total. The molecular formula is C14H24F3N3. The molecule has 0 atom stereocenters. The average molecular weight is 291 g/mol. The number of halogens is 3.